The number of aryl methyl sites for hydroxylation is 1. The summed E-state index contributed by atoms with van der Waals surface area (Å²) >= 11 is 0. The van der Waals surface area contributed by atoms with E-state index in [1.807, 2.05) is 54.6 Å². The van der Waals surface area contributed by atoms with E-state index in [-0.39, 0.29) is 4.90 Å². The summed E-state index contributed by atoms with van der Waals surface area (Å²) in [6, 6.07) is 22.1. The molecule has 0 radical (unpaired) electrons. The summed E-state index contributed by atoms with van der Waals surface area (Å²) in [7, 11) is -2.20. The van der Waals surface area contributed by atoms with Crippen LogP contribution >= 0.6 is 0 Å². The van der Waals surface area contributed by atoms with Gasteiger partial charge in [0.15, 0.2) is 11.5 Å². The van der Waals surface area contributed by atoms with Crippen LogP contribution in [0.2, 0.25) is 0 Å². The van der Waals surface area contributed by atoms with Crippen LogP contribution in [0.5, 0.6) is 11.5 Å². The van der Waals surface area contributed by atoms with Crippen molar-refractivity contribution in [1.82, 2.24) is 4.90 Å². The summed E-state index contributed by atoms with van der Waals surface area (Å²) < 4.78 is 34.6. The van der Waals surface area contributed by atoms with E-state index in [1.165, 1.54) is 6.07 Å². The zero-order valence-corrected chi connectivity index (χ0v) is 19.7. The van der Waals surface area contributed by atoms with Crippen LogP contribution in [0.25, 0.3) is 0 Å². The van der Waals surface area contributed by atoms with E-state index in [0.29, 0.717) is 48.9 Å². The maximum absolute atomic E-state index is 11.7. The first-order valence-corrected chi connectivity index (χ1v) is 12.2. The number of benzene rings is 3. The lowest BCUT2D eigenvalue weighted by Crippen LogP contribution is -2.32. The quantitative estimate of drug-likeness (QED) is 0.446. The highest BCUT2D eigenvalue weighted by Crippen LogP contribution is 2.26. The number of primary sulfonamides is 1. The fourth-order valence-corrected chi connectivity index (χ4v) is 4.41. The standard InChI is InChI=1S/C25H30N2O5S/c1-19-16-21(12-13-25(19)33(26,29)30)22(28)18-27(17-20-8-4-3-5-9-20)14-15-32-24-11-7-6-10-23(24)31-2/h3-13,16,22,28H,14-15,17-18H2,1-2H3,(H2,26,29,30). The molecule has 8 heteroatoms. The van der Waals surface area contributed by atoms with Gasteiger partial charge in [-0.1, -0.05) is 54.6 Å². The fourth-order valence-electron chi connectivity index (χ4n) is 3.65. The Balaban J connectivity index is 1.71. The number of hydrogen-bond donors (Lipinski definition) is 2. The van der Waals surface area contributed by atoms with Gasteiger partial charge in [-0.05, 0) is 41.8 Å². The normalized spacial score (nSPS) is 12.5. The van der Waals surface area contributed by atoms with Gasteiger partial charge in [-0.25, -0.2) is 13.6 Å². The molecule has 1 atom stereocenters. The third-order valence-electron chi connectivity index (χ3n) is 5.30. The van der Waals surface area contributed by atoms with Gasteiger partial charge in [0, 0.05) is 19.6 Å². The second-order valence-corrected chi connectivity index (χ2v) is 9.34. The summed E-state index contributed by atoms with van der Waals surface area (Å²) in [5, 5.41) is 16.2. The Morgan fingerprint density at radius 3 is 2.30 bits per heavy atom. The molecule has 0 fully saturated rings. The number of nitrogens with two attached hydrogens (primary N) is 1. The molecule has 3 rings (SSSR count). The molecule has 0 aromatic heterocycles. The van der Waals surface area contributed by atoms with Crippen molar-refractivity contribution in [3.63, 3.8) is 0 Å². The Hall–Kier alpha value is -2.91. The second-order valence-electron chi connectivity index (χ2n) is 7.81. The van der Waals surface area contributed by atoms with Crippen LogP contribution in [0.15, 0.2) is 77.7 Å². The van der Waals surface area contributed by atoms with E-state index in [1.54, 1.807) is 26.2 Å². The predicted molar refractivity (Wildman–Crippen MR) is 128 cm³/mol. The monoisotopic (exact) mass is 470 g/mol. The van der Waals surface area contributed by atoms with Crippen molar-refractivity contribution in [3.05, 3.63) is 89.5 Å². The zero-order valence-electron chi connectivity index (χ0n) is 18.8. The predicted octanol–water partition coefficient (Wildman–Crippen LogP) is 3.27. The first-order valence-electron chi connectivity index (χ1n) is 10.6. The SMILES string of the molecule is COc1ccccc1OCCN(Cc1ccccc1)CC(O)c1ccc(S(N)(=O)=O)c(C)c1. The molecule has 0 heterocycles. The van der Waals surface area contributed by atoms with E-state index >= 15 is 0 Å². The van der Waals surface area contributed by atoms with Gasteiger partial charge >= 0.3 is 0 Å². The van der Waals surface area contributed by atoms with Crippen molar-refractivity contribution in [2.45, 2.75) is 24.5 Å². The van der Waals surface area contributed by atoms with Gasteiger partial charge in [-0.2, -0.15) is 0 Å². The van der Waals surface area contributed by atoms with Crippen LogP contribution < -0.4 is 14.6 Å². The minimum atomic E-state index is -3.80. The van der Waals surface area contributed by atoms with Crippen LogP contribution in [0.1, 0.15) is 22.8 Å². The number of ether oxygens (including phenoxy) is 2. The Labute approximate surface area is 195 Å². The molecule has 1 unspecified atom stereocenters. The molecule has 0 saturated heterocycles. The van der Waals surface area contributed by atoms with Gasteiger partial charge in [-0.3, -0.25) is 4.90 Å². The first-order chi connectivity index (χ1) is 15.8. The number of rotatable bonds is 11. The molecular weight excluding hydrogens is 440 g/mol. The first kappa shape index (κ1) is 24.7. The smallest absolute Gasteiger partial charge is 0.238 e. The molecule has 0 saturated carbocycles. The maximum Gasteiger partial charge on any atom is 0.238 e. The summed E-state index contributed by atoms with van der Waals surface area (Å²) in [5.41, 5.74) is 2.24. The molecule has 0 aliphatic carbocycles. The largest absolute Gasteiger partial charge is 0.493 e. The number of sulfonamides is 1. The topological polar surface area (TPSA) is 102 Å². The van der Waals surface area contributed by atoms with Crippen molar-refractivity contribution in [2.24, 2.45) is 5.14 Å². The van der Waals surface area contributed by atoms with Crippen molar-refractivity contribution in [2.75, 3.05) is 26.8 Å². The molecule has 0 spiro atoms. The van der Waals surface area contributed by atoms with Gasteiger partial charge in [0.1, 0.15) is 6.61 Å². The highest BCUT2D eigenvalue weighted by Gasteiger charge is 2.18. The van der Waals surface area contributed by atoms with Crippen molar-refractivity contribution in [3.8, 4) is 11.5 Å². The van der Waals surface area contributed by atoms with Crippen LogP contribution in [0, 0.1) is 6.92 Å². The summed E-state index contributed by atoms with van der Waals surface area (Å²) in [6.45, 7) is 3.61. The third-order valence-corrected chi connectivity index (χ3v) is 6.38. The van der Waals surface area contributed by atoms with E-state index < -0.39 is 16.1 Å². The van der Waals surface area contributed by atoms with Gasteiger partial charge in [0.25, 0.3) is 0 Å². The van der Waals surface area contributed by atoms with E-state index in [9.17, 15) is 13.5 Å². The number of methoxy groups -OCH3 is 1. The lowest BCUT2D eigenvalue weighted by Gasteiger charge is -2.26. The Kier molecular flexibility index (Phi) is 8.46. The van der Waals surface area contributed by atoms with Crippen molar-refractivity contribution in [1.29, 1.82) is 0 Å². The molecule has 3 aromatic rings. The number of nitrogens with zero attached hydrogens (tertiary/aromatic N) is 1. The lowest BCUT2D eigenvalue weighted by atomic mass is 10.1. The van der Waals surface area contributed by atoms with E-state index in [2.05, 4.69) is 4.90 Å². The van der Waals surface area contributed by atoms with Crippen LogP contribution in [0.4, 0.5) is 0 Å². The summed E-state index contributed by atoms with van der Waals surface area (Å²) in [6.07, 6.45) is -0.812. The zero-order chi connectivity index (χ0) is 23.8. The fraction of sp³-hybridized carbons (Fsp3) is 0.280. The molecular formula is C25H30N2O5S. The van der Waals surface area contributed by atoms with Crippen LogP contribution in [-0.2, 0) is 16.6 Å². The molecule has 3 N–H and O–H groups in total. The number of aliphatic hydroxyl groups excluding tert-OH is 1. The number of para-hydroxylation sites is 2. The van der Waals surface area contributed by atoms with Crippen molar-refractivity contribution < 1.29 is 23.0 Å². The van der Waals surface area contributed by atoms with Gasteiger partial charge in [0.2, 0.25) is 10.0 Å². The molecule has 33 heavy (non-hydrogen) atoms. The molecule has 0 amide bonds. The Bertz CT molecular complexity index is 1150. The van der Waals surface area contributed by atoms with Gasteiger partial charge in [0.05, 0.1) is 18.1 Å². The molecule has 0 bridgehead atoms. The van der Waals surface area contributed by atoms with Gasteiger partial charge < -0.3 is 14.6 Å². The number of hydrogen-bond acceptors (Lipinski definition) is 6. The van der Waals surface area contributed by atoms with Crippen LogP contribution in [0.3, 0.4) is 0 Å². The summed E-state index contributed by atoms with van der Waals surface area (Å²) in [4.78, 5) is 2.16. The molecule has 0 aliphatic rings. The second kappa shape index (κ2) is 11.3. The maximum atomic E-state index is 11.7. The Morgan fingerprint density at radius 2 is 1.67 bits per heavy atom. The van der Waals surface area contributed by atoms with E-state index in [0.717, 1.165) is 5.56 Å². The molecule has 3 aromatic carbocycles. The third kappa shape index (κ3) is 7.03. The highest BCUT2D eigenvalue weighted by molar-refractivity contribution is 7.89. The lowest BCUT2D eigenvalue weighted by molar-refractivity contribution is 0.0981. The summed E-state index contributed by atoms with van der Waals surface area (Å²) in [5.74, 6) is 1.33. The highest BCUT2D eigenvalue weighted by atomic mass is 32.2. The van der Waals surface area contributed by atoms with Crippen LogP contribution in [-0.4, -0.2) is 45.2 Å². The molecule has 7 nitrogen and oxygen atoms in total. The minimum Gasteiger partial charge on any atom is -0.493 e. The number of aliphatic hydroxyl groups is 1. The molecule has 0 aliphatic heterocycles. The minimum absolute atomic E-state index is 0.0600. The van der Waals surface area contributed by atoms with Crippen molar-refractivity contribution >= 4 is 10.0 Å². The average molecular weight is 471 g/mol. The van der Waals surface area contributed by atoms with E-state index in [4.69, 9.17) is 14.6 Å². The average Bonchev–Trinajstić information content (AvgIpc) is 2.79. The van der Waals surface area contributed by atoms with Gasteiger partial charge in [-0.15, -0.1) is 0 Å². The molecule has 176 valence electrons. The Morgan fingerprint density at radius 1 is 1.00 bits per heavy atom.